The predicted octanol–water partition coefficient (Wildman–Crippen LogP) is 4.32. The summed E-state index contributed by atoms with van der Waals surface area (Å²) in [5.74, 6) is 0.278. The lowest BCUT2D eigenvalue weighted by molar-refractivity contribution is -0.133. The van der Waals surface area contributed by atoms with Gasteiger partial charge >= 0.3 is 6.03 Å². The van der Waals surface area contributed by atoms with Gasteiger partial charge in [-0.25, -0.2) is 4.79 Å². The fourth-order valence-corrected chi connectivity index (χ4v) is 3.58. The van der Waals surface area contributed by atoms with Crippen molar-refractivity contribution in [3.05, 3.63) is 53.3 Å². The predicted molar refractivity (Wildman–Crippen MR) is 120 cm³/mol. The maximum absolute atomic E-state index is 13.2. The van der Waals surface area contributed by atoms with Gasteiger partial charge in [0.2, 0.25) is 5.91 Å². The zero-order chi connectivity index (χ0) is 21.8. The van der Waals surface area contributed by atoms with Gasteiger partial charge in [0.25, 0.3) is 0 Å². The van der Waals surface area contributed by atoms with Crippen molar-refractivity contribution in [1.29, 1.82) is 0 Å². The molecule has 1 N–H and O–H groups in total. The number of aromatic nitrogens is 1. The van der Waals surface area contributed by atoms with Gasteiger partial charge in [-0.3, -0.25) is 4.79 Å². The second kappa shape index (κ2) is 9.37. The van der Waals surface area contributed by atoms with Crippen molar-refractivity contribution in [3.63, 3.8) is 0 Å². The fraction of sp³-hybridized carbons (Fsp3) is 0.500. The van der Waals surface area contributed by atoms with Crippen LogP contribution in [0.1, 0.15) is 43.5 Å². The summed E-state index contributed by atoms with van der Waals surface area (Å²) in [5.41, 5.74) is 4.17. The van der Waals surface area contributed by atoms with Crippen molar-refractivity contribution in [2.45, 2.75) is 53.1 Å². The summed E-state index contributed by atoms with van der Waals surface area (Å²) in [5, 5.41) is 2.97. The van der Waals surface area contributed by atoms with Gasteiger partial charge in [0.1, 0.15) is 6.54 Å². The van der Waals surface area contributed by atoms with Crippen LogP contribution in [0.4, 0.5) is 10.5 Å². The Kier molecular flexibility index (Phi) is 6.85. The molecule has 0 aliphatic heterocycles. The van der Waals surface area contributed by atoms with Crippen molar-refractivity contribution in [2.24, 2.45) is 13.0 Å². The molecule has 162 valence electrons. The first kappa shape index (κ1) is 21.9. The highest BCUT2D eigenvalue weighted by Gasteiger charge is 2.34. The van der Waals surface area contributed by atoms with Gasteiger partial charge in [0.05, 0.1) is 6.54 Å². The zero-order valence-corrected chi connectivity index (χ0v) is 18.8. The molecule has 1 aromatic carbocycles. The molecule has 30 heavy (non-hydrogen) atoms. The number of hydrogen-bond acceptors (Lipinski definition) is 2. The molecule has 1 aliphatic rings. The highest BCUT2D eigenvalue weighted by atomic mass is 16.2. The monoisotopic (exact) mass is 410 g/mol. The Balaban J connectivity index is 1.70. The third-order valence-electron chi connectivity index (χ3n) is 5.65. The second-order valence-corrected chi connectivity index (χ2v) is 8.87. The average molecular weight is 411 g/mol. The molecule has 1 fully saturated rings. The van der Waals surface area contributed by atoms with Gasteiger partial charge in [-0.15, -0.1) is 0 Å². The molecule has 2 aromatic rings. The Labute approximate surface area is 179 Å². The van der Waals surface area contributed by atoms with Gasteiger partial charge < -0.3 is 19.7 Å². The van der Waals surface area contributed by atoms with E-state index in [1.54, 1.807) is 4.90 Å². The van der Waals surface area contributed by atoms with E-state index in [0.29, 0.717) is 13.1 Å². The van der Waals surface area contributed by atoms with Crippen LogP contribution in [0.3, 0.4) is 0 Å². The number of rotatable bonds is 8. The summed E-state index contributed by atoms with van der Waals surface area (Å²) in [4.78, 5) is 29.8. The Morgan fingerprint density at radius 2 is 1.90 bits per heavy atom. The van der Waals surface area contributed by atoms with Gasteiger partial charge in [0.15, 0.2) is 0 Å². The Hall–Kier alpha value is -2.76. The molecule has 0 bridgehead atoms. The number of nitrogens with one attached hydrogen (secondary N) is 1. The second-order valence-electron chi connectivity index (χ2n) is 8.87. The lowest BCUT2D eigenvalue weighted by atomic mass is 10.1. The molecule has 1 saturated carbocycles. The first-order valence-electron chi connectivity index (χ1n) is 10.8. The number of aryl methyl sites for hydroxylation is 3. The first-order chi connectivity index (χ1) is 14.2. The number of urea groups is 1. The highest BCUT2D eigenvalue weighted by Crippen LogP contribution is 2.28. The number of carbonyl (C=O) groups is 2. The molecule has 0 saturated heterocycles. The quantitative estimate of drug-likeness (QED) is 0.704. The summed E-state index contributed by atoms with van der Waals surface area (Å²) in [6.07, 6.45) is 4.07. The van der Waals surface area contributed by atoms with Crippen LogP contribution in [0.5, 0.6) is 0 Å². The molecule has 3 amide bonds. The van der Waals surface area contributed by atoms with Crippen LogP contribution in [0.25, 0.3) is 0 Å². The molecule has 1 heterocycles. The molecule has 0 radical (unpaired) electrons. The molecule has 0 unspecified atom stereocenters. The molecule has 1 aliphatic carbocycles. The Morgan fingerprint density at radius 1 is 1.17 bits per heavy atom. The van der Waals surface area contributed by atoms with Crippen molar-refractivity contribution in [3.8, 4) is 0 Å². The summed E-state index contributed by atoms with van der Waals surface area (Å²) < 4.78 is 2.04. The van der Waals surface area contributed by atoms with Gasteiger partial charge in [0, 0.05) is 37.2 Å². The van der Waals surface area contributed by atoms with Crippen LogP contribution in [0, 0.1) is 19.8 Å². The van der Waals surface area contributed by atoms with Crippen LogP contribution >= 0.6 is 0 Å². The van der Waals surface area contributed by atoms with Gasteiger partial charge in [-0.1, -0.05) is 19.9 Å². The van der Waals surface area contributed by atoms with E-state index in [9.17, 15) is 9.59 Å². The Morgan fingerprint density at radius 3 is 2.47 bits per heavy atom. The highest BCUT2D eigenvalue weighted by molar-refractivity contribution is 5.92. The van der Waals surface area contributed by atoms with Crippen LogP contribution in [0.2, 0.25) is 0 Å². The molecular formula is C24H34N4O2. The van der Waals surface area contributed by atoms with Crippen molar-refractivity contribution >= 4 is 17.6 Å². The normalized spacial score (nSPS) is 13.4. The molecule has 0 spiro atoms. The molecular weight excluding hydrogens is 376 g/mol. The molecule has 6 nitrogen and oxygen atoms in total. The van der Waals surface area contributed by atoms with E-state index < -0.39 is 0 Å². The topological polar surface area (TPSA) is 57.6 Å². The van der Waals surface area contributed by atoms with Crippen molar-refractivity contribution < 1.29 is 9.59 Å². The van der Waals surface area contributed by atoms with E-state index >= 15 is 0 Å². The minimum atomic E-state index is -0.227. The Bertz CT molecular complexity index is 898. The standard InChI is InChI=1S/C24H34N4O2/c1-17(2)14-27(24(30)25-20-9-8-18(3)19(4)13-20)16-23(29)28(21-10-11-21)15-22-7-6-12-26(22)5/h6-9,12-13,17,21H,10-11,14-16H2,1-5H3,(H,25,30). The van der Waals surface area contributed by atoms with E-state index in [2.05, 4.69) is 19.2 Å². The zero-order valence-electron chi connectivity index (χ0n) is 18.8. The van der Waals surface area contributed by atoms with Gasteiger partial charge in [-0.05, 0) is 68.0 Å². The summed E-state index contributed by atoms with van der Waals surface area (Å²) in [6.45, 7) is 9.40. The number of benzene rings is 1. The van der Waals surface area contributed by atoms with Crippen LogP contribution in [-0.2, 0) is 18.4 Å². The maximum atomic E-state index is 13.2. The van der Waals surface area contributed by atoms with Crippen LogP contribution < -0.4 is 5.32 Å². The van der Waals surface area contributed by atoms with Crippen LogP contribution in [0.15, 0.2) is 36.5 Å². The number of amides is 3. The van der Waals surface area contributed by atoms with Crippen LogP contribution in [-0.4, -0.2) is 45.4 Å². The van der Waals surface area contributed by atoms with Crippen molar-refractivity contribution in [2.75, 3.05) is 18.4 Å². The van der Waals surface area contributed by atoms with E-state index in [1.807, 2.05) is 66.9 Å². The van der Waals surface area contributed by atoms with Crippen molar-refractivity contribution in [1.82, 2.24) is 14.4 Å². The minimum Gasteiger partial charge on any atom is -0.353 e. The third-order valence-corrected chi connectivity index (χ3v) is 5.65. The number of hydrogen-bond donors (Lipinski definition) is 1. The summed E-state index contributed by atoms with van der Waals surface area (Å²) in [6, 6.07) is 9.97. The fourth-order valence-electron chi connectivity index (χ4n) is 3.58. The molecule has 3 rings (SSSR count). The molecule has 0 atom stereocenters. The van der Waals surface area contributed by atoms with Gasteiger partial charge in [-0.2, -0.15) is 0 Å². The lowest BCUT2D eigenvalue weighted by Gasteiger charge is -2.29. The largest absolute Gasteiger partial charge is 0.353 e. The number of nitrogens with zero attached hydrogens (tertiary/aromatic N) is 3. The number of carbonyl (C=O) groups excluding carboxylic acids is 2. The van der Waals surface area contributed by atoms with E-state index in [1.165, 1.54) is 5.56 Å². The smallest absolute Gasteiger partial charge is 0.322 e. The first-order valence-corrected chi connectivity index (χ1v) is 10.8. The molecule has 1 aromatic heterocycles. The minimum absolute atomic E-state index is 0.00888. The average Bonchev–Trinajstić information content (AvgIpc) is 3.44. The van der Waals surface area contributed by atoms with E-state index in [-0.39, 0.29) is 30.4 Å². The third kappa shape index (κ3) is 5.65. The number of anilines is 1. The summed E-state index contributed by atoms with van der Waals surface area (Å²) in [7, 11) is 1.99. The summed E-state index contributed by atoms with van der Waals surface area (Å²) >= 11 is 0. The lowest BCUT2D eigenvalue weighted by Crippen LogP contribution is -2.46. The van der Waals surface area contributed by atoms with E-state index in [0.717, 1.165) is 29.8 Å². The maximum Gasteiger partial charge on any atom is 0.322 e. The SMILES string of the molecule is Cc1ccc(NC(=O)N(CC(=O)N(Cc2cccn2C)C2CC2)CC(C)C)cc1C. The van der Waals surface area contributed by atoms with E-state index in [4.69, 9.17) is 0 Å². The molecule has 6 heteroatoms.